The van der Waals surface area contributed by atoms with Crippen molar-refractivity contribution >= 4 is 23.4 Å². The van der Waals surface area contributed by atoms with E-state index in [-0.39, 0.29) is 0 Å². The number of halogens is 1. The largest absolute Gasteiger partial charge is 0.314 e. The number of thioether (sulfide) groups is 1. The molecule has 1 N–H and O–H groups in total. The van der Waals surface area contributed by atoms with E-state index in [0.29, 0.717) is 6.04 Å². The minimum atomic E-state index is 0.590. The lowest BCUT2D eigenvalue weighted by Gasteiger charge is -2.11. The second-order valence-corrected chi connectivity index (χ2v) is 5.07. The van der Waals surface area contributed by atoms with Gasteiger partial charge in [0.05, 0.1) is 0 Å². The summed E-state index contributed by atoms with van der Waals surface area (Å²) in [5.41, 5.74) is 1.34. The van der Waals surface area contributed by atoms with Crippen LogP contribution in [0.3, 0.4) is 0 Å². The van der Waals surface area contributed by atoms with E-state index < -0.39 is 0 Å². The highest BCUT2D eigenvalue weighted by molar-refractivity contribution is 7.98. The molecule has 0 heterocycles. The van der Waals surface area contributed by atoms with Crippen LogP contribution in [0.15, 0.2) is 24.3 Å². The Kier molecular flexibility index (Phi) is 6.15. The van der Waals surface area contributed by atoms with Crippen LogP contribution in [0.1, 0.15) is 19.4 Å². The van der Waals surface area contributed by atoms with Crippen molar-refractivity contribution in [3.8, 4) is 0 Å². The highest BCUT2D eigenvalue weighted by atomic mass is 35.5. The number of rotatable bonds is 6. The first-order valence-corrected chi connectivity index (χ1v) is 6.81. The SMILES string of the molecule is CCNC(C)CSCc1ccc(Cl)cc1. The standard InChI is InChI=1S/C12H18ClNS/c1-3-14-10(2)8-15-9-11-4-6-12(13)7-5-11/h4-7,10,14H,3,8-9H2,1-2H3. The van der Waals surface area contributed by atoms with Crippen LogP contribution in [0.2, 0.25) is 5.02 Å². The molecule has 0 aromatic heterocycles. The predicted octanol–water partition coefficient (Wildman–Crippen LogP) is 3.57. The van der Waals surface area contributed by atoms with Gasteiger partial charge in [-0.25, -0.2) is 0 Å². The third-order valence-corrected chi connectivity index (χ3v) is 3.63. The average Bonchev–Trinajstić information content (AvgIpc) is 2.21. The molecule has 84 valence electrons. The van der Waals surface area contributed by atoms with Crippen molar-refractivity contribution in [2.75, 3.05) is 12.3 Å². The Hall–Kier alpha value is -0.180. The molecule has 1 nitrogen and oxygen atoms in total. The van der Waals surface area contributed by atoms with E-state index in [1.54, 1.807) is 0 Å². The molecule has 15 heavy (non-hydrogen) atoms. The Morgan fingerprint density at radius 3 is 2.60 bits per heavy atom. The van der Waals surface area contributed by atoms with Crippen LogP contribution in [0, 0.1) is 0 Å². The van der Waals surface area contributed by atoms with Gasteiger partial charge in [0, 0.05) is 22.6 Å². The zero-order valence-corrected chi connectivity index (χ0v) is 10.9. The third-order valence-electron chi connectivity index (χ3n) is 2.10. The Morgan fingerprint density at radius 1 is 1.33 bits per heavy atom. The summed E-state index contributed by atoms with van der Waals surface area (Å²) in [7, 11) is 0. The average molecular weight is 244 g/mol. The van der Waals surface area contributed by atoms with Gasteiger partial charge in [0.15, 0.2) is 0 Å². The van der Waals surface area contributed by atoms with Crippen molar-refractivity contribution in [2.45, 2.75) is 25.6 Å². The van der Waals surface area contributed by atoms with Gasteiger partial charge in [-0.3, -0.25) is 0 Å². The number of nitrogens with one attached hydrogen (secondary N) is 1. The molecule has 0 amide bonds. The molecule has 3 heteroatoms. The molecule has 0 aliphatic heterocycles. The summed E-state index contributed by atoms with van der Waals surface area (Å²) in [6, 6.07) is 8.67. The van der Waals surface area contributed by atoms with E-state index in [1.807, 2.05) is 23.9 Å². The van der Waals surface area contributed by atoms with Crippen LogP contribution < -0.4 is 5.32 Å². The van der Waals surface area contributed by atoms with Gasteiger partial charge in [-0.05, 0) is 31.2 Å². The van der Waals surface area contributed by atoms with E-state index in [4.69, 9.17) is 11.6 Å². The summed E-state index contributed by atoms with van der Waals surface area (Å²) >= 11 is 7.78. The molecule has 0 spiro atoms. The molecule has 0 radical (unpaired) electrons. The van der Waals surface area contributed by atoms with Crippen molar-refractivity contribution in [1.82, 2.24) is 5.32 Å². The van der Waals surface area contributed by atoms with Crippen LogP contribution in [0.25, 0.3) is 0 Å². The number of benzene rings is 1. The normalized spacial score (nSPS) is 12.7. The zero-order valence-electron chi connectivity index (χ0n) is 9.29. The minimum Gasteiger partial charge on any atom is -0.314 e. The van der Waals surface area contributed by atoms with Gasteiger partial charge in [0.25, 0.3) is 0 Å². The molecule has 0 aliphatic carbocycles. The van der Waals surface area contributed by atoms with Gasteiger partial charge in [0.2, 0.25) is 0 Å². The molecule has 1 rings (SSSR count). The smallest absolute Gasteiger partial charge is 0.0406 e. The fraction of sp³-hybridized carbons (Fsp3) is 0.500. The molecule has 0 saturated carbocycles. The molecule has 0 fully saturated rings. The van der Waals surface area contributed by atoms with Gasteiger partial charge in [0.1, 0.15) is 0 Å². The van der Waals surface area contributed by atoms with E-state index >= 15 is 0 Å². The topological polar surface area (TPSA) is 12.0 Å². The third kappa shape index (κ3) is 5.45. The molecule has 0 aliphatic rings. The number of hydrogen-bond donors (Lipinski definition) is 1. The van der Waals surface area contributed by atoms with Crippen LogP contribution in [0.4, 0.5) is 0 Å². The van der Waals surface area contributed by atoms with Crippen LogP contribution in [-0.4, -0.2) is 18.3 Å². The molecular weight excluding hydrogens is 226 g/mol. The minimum absolute atomic E-state index is 0.590. The van der Waals surface area contributed by atoms with E-state index in [9.17, 15) is 0 Å². The number of hydrogen-bond acceptors (Lipinski definition) is 2. The highest BCUT2D eigenvalue weighted by Crippen LogP contribution is 2.15. The highest BCUT2D eigenvalue weighted by Gasteiger charge is 2.00. The van der Waals surface area contributed by atoms with Crippen molar-refractivity contribution in [3.63, 3.8) is 0 Å². The van der Waals surface area contributed by atoms with Gasteiger partial charge in [-0.1, -0.05) is 30.7 Å². The summed E-state index contributed by atoms with van der Waals surface area (Å²) in [5.74, 6) is 2.21. The molecule has 1 aromatic rings. The molecule has 0 bridgehead atoms. The fourth-order valence-electron chi connectivity index (χ4n) is 1.34. The van der Waals surface area contributed by atoms with E-state index in [2.05, 4.69) is 31.3 Å². The first-order chi connectivity index (χ1) is 7.22. The summed E-state index contributed by atoms with van der Waals surface area (Å²) < 4.78 is 0. The summed E-state index contributed by atoms with van der Waals surface area (Å²) in [6.07, 6.45) is 0. The molecule has 1 aromatic carbocycles. The van der Waals surface area contributed by atoms with Crippen LogP contribution >= 0.6 is 23.4 Å². The van der Waals surface area contributed by atoms with Crippen LogP contribution in [-0.2, 0) is 5.75 Å². The Morgan fingerprint density at radius 2 is 2.00 bits per heavy atom. The quantitative estimate of drug-likeness (QED) is 0.820. The predicted molar refractivity (Wildman–Crippen MR) is 70.8 cm³/mol. The van der Waals surface area contributed by atoms with Crippen molar-refractivity contribution in [2.24, 2.45) is 0 Å². The maximum Gasteiger partial charge on any atom is 0.0406 e. The van der Waals surface area contributed by atoms with Crippen molar-refractivity contribution in [1.29, 1.82) is 0 Å². The zero-order chi connectivity index (χ0) is 11.1. The first-order valence-electron chi connectivity index (χ1n) is 5.28. The lowest BCUT2D eigenvalue weighted by molar-refractivity contribution is 0.620. The Bertz CT molecular complexity index is 273. The van der Waals surface area contributed by atoms with E-state index in [1.165, 1.54) is 5.56 Å². The second kappa shape index (κ2) is 7.15. The van der Waals surface area contributed by atoms with Gasteiger partial charge >= 0.3 is 0 Å². The first kappa shape index (κ1) is 12.9. The molecule has 0 saturated heterocycles. The summed E-state index contributed by atoms with van der Waals surface area (Å²) in [6.45, 7) is 5.40. The maximum atomic E-state index is 5.82. The Labute approximate surface area is 102 Å². The van der Waals surface area contributed by atoms with Crippen molar-refractivity contribution in [3.05, 3.63) is 34.9 Å². The maximum absolute atomic E-state index is 5.82. The summed E-state index contributed by atoms with van der Waals surface area (Å²) in [5, 5.41) is 4.21. The summed E-state index contributed by atoms with van der Waals surface area (Å²) in [4.78, 5) is 0. The molecular formula is C12H18ClNS. The van der Waals surface area contributed by atoms with Gasteiger partial charge in [-0.2, -0.15) is 11.8 Å². The van der Waals surface area contributed by atoms with Gasteiger partial charge in [-0.15, -0.1) is 0 Å². The van der Waals surface area contributed by atoms with E-state index in [0.717, 1.165) is 23.1 Å². The van der Waals surface area contributed by atoms with Gasteiger partial charge < -0.3 is 5.32 Å². The monoisotopic (exact) mass is 243 g/mol. The molecule has 1 unspecified atom stereocenters. The second-order valence-electron chi connectivity index (χ2n) is 3.60. The van der Waals surface area contributed by atoms with Crippen LogP contribution in [0.5, 0.6) is 0 Å². The molecule has 1 atom stereocenters. The fourth-order valence-corrected chi connectivity index (χ4v) is 2.48. The van der Waals surface area contributed by atoms with Crippen molar-refractivity contribution < 1.29 is 0 Å². The Balaban J connectivity index is 2.22. The lowest BCUT2D eigenvalue weighted by Crippen LogP contribution is -2.27. The lowest BCUT2D eigenvalue weighted by atomic mass is 10.2.